The number of hydrogen-bond donors (Lipinski definition) is 2. The number of rotatable bonds is 4. The van der Waals surface area contributed by atoms with Crippen LogP contribution in [0.2, 0.25) is 0 Å². The molecule has 0 aliphatic rings. The minimum atomic E-state index is 0.171. The highest BCUT2D eigenvalue weighted by Gasteiger charge is 2.10. The van der Waals surface area contributed by atoms with Gasteiger partial charge in [0, 0.05) is 34.2 Å². The molecule has 0 radical (unpaired) electrons. The molecular formula is C19H13N5O2. The van der Waals surface area contributed by atoms with Crippen LogP contribution in [0.25, 0.3) is 21.8 Å². The smallest absolute Gasteiger partial charge is 0.328 e. The molecule has 7 nitrogen and oxygen atoms in total. The molecule has 7 heteroatoms. The van der Waals surface area contributed by atoms with Gasteiger partial charge in [-0.25, -0.2) is 0 Å². The fourth-order valence-corrected chi connectivity index (χ4v) is 2.85. The summed E-state index contributed by atoms with van der Waals surface area (Å²) in [6, 6.07) is 15.7. The van der Waals surface area contributed by atoms with Gasteiger partial charge in [0.25, 0.3) is 0 Å². The van der Waals surface area contributed by atoms with Gasteiger partial charge in [0.05, 0.1) is 0 Å². The number of aromatic nitrogens is 5. The van der Waals surface area contributed by atoms with Crippen LogP contribution in [-0.2, 0) is 0 Å². The van der Waals surface area contributed by atoms with E-state index in [0.717, 1.165) is 21.8 Å². The molecule has 0 saturated carbocycles. The molecule has 0 aliphatic heterocycles. The Bertz CT molecular complexity index is 1120. The normalized spacial score (nSPS) is 11.1. The van der Waals surface area contributed by atoms with Crippen molar-refractivity contribution in [1.29, 1.82) is 0 Å². The van der Waals surface area contributed by atoms with Crippen molar-refractivity contribution in [3.8, 4) is 23.5 Å². The zero-order valence-corrected chi connectivity index (χ0v) is 13.5. The molecule has 0 fully saturated rings. The van der Waals surface area contributed by atoms with E-state index in [1.165, 1.54) is 6.33 Å². The number of benzene rings is 2. The third kappa shape index (κ3) is 2.51. The molecule has 5 aromatic rings. The van der Waals surface area contributed by atoms with E-state index < -0.39 is 0 Å². The van der Waals surface area contributed by atoms with Gasteiger partial charge in [-0.15, -0.1) is 4.98 Å². The quantitative estimate of drug-likeness (QED) is 0.504. The Balaban J connectivity index is 1.46. The van der Waals surface area contributed by atoms with E-state index in [0.29, 0.717) is 11.5 Å². The topological polar surface area (TPSA) is 88.7 Å². The molecule has 0 atom stereocenters. The summed E-state index contributed by atoms with van der Waals surface area (Å²) in [7, 11) is 0. The maximum absolute atomic E-state index is 5.83. The zero-order valence-electron chi connectivity index (χ0n) is 13.5. The number of hydrogen-bond acceptors (Lipinski definition) is 5. The minimum absolute atomic E-state index is 0.171. The van der Waals surface area contributed by atoms with E-state index in [2.05, 4.69) is 24.9 Å². The van der Waals surface area contributed by atoms with Crippen LogP contribution in [-0.4, -0.2) is 24.9 Å². The number of nitrogens with zero attached hydrogens (tertiary/aromatic N) is 3. The molecule has 3 heterocycles. The van der Waals surface area contributed by atoms with Crippen molar-refractivity contribution in [3.63, 3.8) is 0 Å². The molecule has 0 amide bonds. The standard InChI is InChI=1S/C19H13N5O2/c1-3-14-12(7-9-20-14)16(5-1)25-18-22-11-23-19(24-18)26-17-6-2-4-15-13(17)8-10-21-15/h1-11,20-21H. The average Bonchev–Trinajstić information content (AvgIpc) is 3.32. The third-order valence-electron chi connectivity index (χ3n) is 4.04. The molecule has 0 unspecified atom stereocenters. The maximum Gasteiger partial charge on any atom is 0.328 e. The summed E-state index contributed by atoms with van der Waals surface area (Å²) in [5.41, 5.74) is 1.96. The van der Waals surface area contributed by atoms with Gasteiger partial charge >= 0.3 is 12.0 Å². The largest absolute Gasteiger partial charge is 0.423 e. The van der Waals surface area contributed by atoms with Crippen molar-refractivity contribution < 1.29 is 9.47 Å². The number of nitrogens with one attached hydrogen (secondary N) is 2. The van der Waals surface area contributed by atoms with Gasteiger partial charge in [-0.2, -0.15) is 9.97 Å². The Hall–Kier alpha value is -3.87. The van der Waals surface area contributed by atoms with Crippen molar-refractivity contribution in [2.24, 2.45) is 0 Å². The van der Waals surface area contributed by atoms with E-state index in [9.17, 15) is 0 Å². The van der Waals surface area contributed by atoms with Crippen LogP contribution >= 0.6 is 0 Å². The lowest BCUT2D eigenvalue weighted by Crippen LogP contribution is -1.97. The first-order valence-corrected chi connectivity index (χ1v) is 8.04. The van der Waals surface area contributed by atoms with Gasteiger partial charge < -0.3 is 19.4 Å². The third-order valence-corrected chi connectivity index (χ3v) is 4.04. The molecule has 0 spiro atoms. The second-order valence-corrected chi connectivity index (χ2v) is 5.64. The lowest BCUT2D eigenvalue weighted by Gasteiger charge is -2.07. The van der Waals surface area contributed by atoms with Crippen molar-refractivity contribution in [1.82, 2.24) is 24.9 Å². The Morgan fingerprint density at radius 2 is 1.19 bits per heavy atom. The predicted molar refractivity (Wildman–Crippen MR) is 96.6 cm³/mol. The summed E-state index contributed by atoms with van der Waals surface area (Å²) >= 11 is 0. The molecule has 0 aliphatic carbocycles. The zero-order chi connectivity index (χ0) is 17.3. The molecular weight excluding hydrogens is 330 g/mol. The van der Waals surface area contributed by atoms with Crippen LogP contribution in [0.5, 0.6) is 23.5 Å². The van der Waals surface area contributed by atoms with Crippen LogP contribution in [0.1, 0.15) is 0 Å². The fraction of sp³-hybridized carbons (Fsp3) is 0. The Labute approximate surface area is 147 Å². The van der Waals surface area contributed by atoms with Crippen molar-refractivity contribution in [2.45, 2.75) is 0 Å². The minimum Gasteiger partial charge on any atom is -0.423 e. The molecule has 26 heavy (non-hydrogen) atoms. The van der Waals surface area contributed by atoms with Gasteiger partial charge in [0.1, 0.15) is 17.8 Å². The van der Waals surface area contributed by atoms with Gasteiger partial charge in [-0.1, -0.05) is 12.1 Å². The number of fused-ring (bicyclic) bond motifs is 2. The second-order valence-electron chi connectivity index (χ2n) is 5.64. The maximum atomic E-state index is 5.83. The van der Waals surface area contributed by atoms with Gasteiger partial charge in [0.15, 0.2) is 0 Å². The number of aromatic amines is 2. The second kappa shape index (κ2) is 5.89. The summed E-state index contributed by atoms with van der Waals surface area (Å²) < 4.78 is 11.7. The van der Waals surface area contributed by atoms with E-state index in [4.69, 9.17) is 9.47 Å². The van der Waals surface area contributed by atoms with Crippen LogP contribution in [0.4, 0.5) is 0 Å². The molecule has 0 saturated heterocycles. The summed E-state index contributed by atoms with van der Waals surface area (Å²) in [5.74, 6) is 1.32. The molecule has 2 aromatic carbocycles. The number of H-pyrrole nitrogens is 2. The fourth-order valence-electron chi connectivity index (χ4n) is 2.85. The number of ether oxygens (including phenoxy) is 2. The highest BCUT2D eigenvalue weighted by Crippen LogP contribution is 2.30. The monoisotopic (exact) mass is 343 g/mol. The SMILES string of the molecule is c1cc(Oc2ncnc(Oc3cccc4[nH]ccc34)n2)c2cc[nH]c2c1. The van der Waals surface area contributed by atoms with Crippen molar-refractivity contribution in [3.05, 3.63) is 67.3 Å². The average molecular weight is 343 g/mol. The molecule has 2 N–H and O–H groups in total. The molecule has 3 aromatic heterocycles. The molecule has 5 rings (SSSR count). The van der Waals surface area contributed by atoms with E-state index in [1.807, 2.05) is 60.9 Å². The first kappa shape index (κ1) is 14.5. The molecule has 126 valence electrons. The summed E-state index contributed by atoms with van der Waals surface area (Å²) in [5, 5.41) is 1.90. The first-order chi connectivity index (χ1) is 12.9. The van der Waals surface area contributed by atoms with Crippen molar-refractivity contribution in [2.75, 3.05) is 0 Å². The highest BCUT2D eigenvalue weighted by molar-refractivity contribution is 5.86. The van der Waals surface area contributed by atoms with Gasteiger partial charge in [0.2, 0.25) is 0 Å². The van der Waals surface area contributed by atoms with Crippen LogP contribution in [0, 0.1) is 0 Å². The van der Waals surface area contributed by atoms with Crippen molar-refractivity contribution >= 4 is 21.8 Å². The summed E-state index contributed by atoms with van der Waals surface area (Å²) in [4.78, 5) is 18.7. The Kier molecular flexibility index (Phi) is 3.28. The van der Waals surface area contributed by atoms with Gasteiger partial charge in [-0.3, -0.25) is 0 Å². The molecule has 0 bridgehead atoms. The summed E-state index contributed by atoms with van der Waals surface area (Å²) in [6.07, 6.45) is 5.08. The predicted octanol–water partition coefficient (Wildman–Crippen LogP) is 4.42. The van der Waals surface area contributed by atoms with Gasteiger partial charge in [-0.05, 0) is 36.4 Å². The van der Waals surface area contributed by atoms with E-state index in [1.54, 1.807) is 0 Å². The highest BCUT2D eigenvalue weighted by atomic mass is 16.5. The summed E-state index contributed by atoms with van der Waals surface area (Å²) in [6.45, 7) is 0. The van der Waals surface area contributed by atoms with Crippen LogP contribution < -0.4 is 9.47 Å². The first-order valence-electron chi connectivity index (χ1n) is 8.04. The van der Waals surface area contributed by atoms with Crippen LogP contribution in [0.15, 0.2) is 67.3 Å². The van der Waals surface area contributed by atoms with Crippen LogP contribution in [0.3, 0.4) is 0 Å². The van der Waals surface area contributed by atoms with E-state index >= 15 is 0 Å². The Morgan fingerprint density at radius 1 is 0.654 bits per heavy atom. The lowest BCUT2D eigenvalue weighted by molar-refractivity contribution is 0.401. The Morgan fingerprint density at radius 3 is 1.73 bits per heavy atom. The van der Waals surface area contributed by atoms with E-state index in [-0.39, 0.29) is 12.0 Å². The lowest BCUT2D eigenvalue weighted by atomic mass is 10.2.